The minimum atomic E-state index is 0.407. The van der Waals surface area contributed by atoms with Crippen LogP contribution >= 0.6 is 0 Å². The number of hydrogen-bond donors (Lipinski definition) is 2. The number of nitrogens with zero attached hydrogens (tertiary/aromatic N) is 3. The van der Waals surface area contributed by atoms with Crippen molar-refractivity contribution in [2.24, 2.45) is 5.73 Å². The predicted molar refractivity (Wildman–Crippen MR) is 55.9 cm³/mol. The molecule has 4 N–H and O–H groups in total. The summed E-state index contributed by atoms with van der Waals surface area (Å²) in [4.78, 5) is 10.3. The summed E-state index contributed by atoms with van der Waals surface area (Å²) < 4.78 is 0. The van der Waals surface area contributed by atoms with E-state index in [-0.39, 0.29) is 0 Å². The topological polar surface area (TPSA) is 81.1 Å². The normalized spacial score (nSPS) is 21.5. The van der Waals surface area contributed by atoms with Gasteiger partial charge in [0.1, 0.15) is 18.0 Å². The molecular weight excluding hydrogens is 178 g/mol. The lowest BCUT2D eigenvalue weighted by molar-refractivity contribution is 0.671. The molecule has 1 aromatic heterocycles. The molecule has 1 saturated heterocycles. The Morgan fingerprint density at radius 2 is 2.36 bits per heavy atom. The lowest BCUT2D eigenvalue weighted by Crippen LogP contribution is -2.35. The second-order valence-electron chi connectivity index (χ2n) is 3.53. The number of aromatic nitrogens is 2. The third kappa shape index (κ3) is 1.63. The molecule has 0 bridgehead atoms. The van der Waals surface area contributed by atoms with E-state index in [0.29, 0.717) is 18.4 Å². The Hall–Kier alpha value is -1.36. The van der Waals surface area contributed by atoms with Crippen LogP contribution in [0.25, 0.3) is 0 Å². The van der Waals surface area contributed by atoms with E-state index < -0.39 is 0 Å². The fourth-order valence-electron chi connectivity index (χ4n) is 1.90. The van der Waals surface area contributed by atoms with Crippen molar-refractivity contribution in [1.29, 1.82) is 0 Å². The van der Waals surface area contributed by atoms with Crippen molar-refractivity contribution in [3.63, 3.8) is 0 Å². The molecule has 5 heteroatoms. The monoisotopic (exact) mass is 193 g/mol. The van der Waals surface area contributed by atoms with E-state index in [1.165, 1.54) is 12.7 Å². The van der Waals surface area contributed by atoms with Crippen molar-refractivity contribution in [1.82, 2.24) is 9.97 Å². The number of anilines is 2. The molecule has 0 aliphatic carbocycles. The fraction of sp³-hybridized carbons (Fsp3) is 0.556. The molecule has 1 aliphatic rings. The minimum absolute atomic E-state index is 0.407. The van der Waals surface area contributed by atoms with E-state index in [4.69, 9.17) is 11.5 Å². The summed E-state index contributed by atoms with van der Waals surface area (Å²) in [5.74, 6) is 1.41. The maximum absolute atomic E-state index is 5.68. The first-order chi connectivity index (χ1) is 6.81. The number of rotatable bonds is 2. The van der Waals surface area contributed by atoms with Crippen LogP contribution in [-0.2, 0) is 0 Å². The molecule has 0 saturated carbocycles. The smallest absolute Gasteiger partial charge is 0.134 e. The highest BCUT2D eigenvalue weighted by molar-refractivity contribution is 5.47. The Bertz CT molecular complexity index is 314. The van der Waals surface area contributed by atoms with Gasteiger partial charge >= 0.3 is 0 Å². The number of nitrogens with two attached hydrogens (primary N) is 2. The molecule has 14 heavy (non-hydrogen) atoms. The van der Waals surface area contributed by atoms with Gasteiger partial charge in [0.2, 0.25) is 0 Å². The van der Waals surface area contributed by atoms with Crippen molar-refractivity contribution < 1.29 is 0 Å². The highest BCUT2D eigenvalue weighted by Crippen LogP contribution is 2.23. The van der Waals surface area contributed by atoms with Gasteiger partial charge in [-0.1, -0.05) is 0 Å². The second-order valence-corrected chi connectivity index (χ2v) is 3.53. The molecule has 1 unspecified atom stereocenters. The Morgan fingerprint density at radius 1 is 1.50 bits per heavy atom. The van der Waals surface area contributed by atoms with Crippen LogP contribution in [-0.4, -0.2) is 29.1 Å². The van der Waals surface area contributed by atoms with Gasteiger partial charge in [-0.2, -0.15) is 0 Å². The van der Waals surface area contributed by atoms with Crippen LogP contribution < -0.4 is 16.4 Å². The molecule has 0 aromatic carbocycles. The van der Waals surface area contributed by atoms with Gasteiger partial charge in [-0.15, -0.1) is 0 Å². The Kier molecular flexibility index (Phi) is 2.49. The van der Waals surface area contributed by atoms with E-state index in [2.05, 4.69) is 14.9 Å². The summed E-state index contributed by atoms with van der Waals surface area (Å²) in [6.45, 7) is 1.68. The average Bonchev–Trinajstić information content (AvgIpc) is 2.65. The van der Waals surface area contributed by atoms with Crippen LogP contribution in [0.5, 0.6) is 0 Å². The van der Waals surface area contributed by atoms with E-state index >= 15 is 0 Å². The van der Waals surface area contributed by atoms with Crippen LogP contribution in [0.15, 0.2) is 12.4 Å². The zero-order valence-corrected chi connectivity index (χ0v) is 8.06. The van der Waals surface area contributed by atoms with Gasteiger partial charge in [-0.3, -0.25) is 0 Å². The summed E-state index contributed by atoms with van der Waals surface area (Å²) >= 11 is 0. The Balaban J connectivity index is 2.21. The van der Waals surface area contributed by atoms with E-state index in [9.17, 15) is 0 Å². The first-order valence-corrected chi connectivity index (χ1v) is 4.85. The highest BCUT2D eigenvalue weighted by atomic mass is 15.2. The van der Waals surface area contributed by atoms with E-state index in [1.54, 1.807) is 6.07 Å². The fourth-order valence-corrected chi connectivity index (χ4v) is 1.90. The Labute approximate surface area is 83.1 Å². The molecule has 1 aliphatic heterocycles. The summed E-state index contributed by atoms with van der Waals surface area (Å²) in [5.41, 5.74) is 11.3. The predicted octanol–water partition coefficient (Wildman–Crippen LogP) is -0.0137. The van der Waals surface area contributed by atoms with Crippen molar-refractivity contribution in [3.8, 4) is 0 Å². The third-order valence-corrected chi connectivity index (χ3v) is 2.62. The third-order valence-electron chi connectivity index (χ3n) is 2.62. The summed E-state index contributed by atoms with van der Waals surface area (Å²) in [6.07, 6.45) is 3.81. The zero-order chi connectivity index (χ0) is 9.97. The van der Waals surface area contributed by atoms with Gasteiger partial charge < -0.3 is 16.4 Å². The van der Waals surface area contributed by atoms with E-state index in [1.807, 2.05) is 0 Å². The minimum Gasteiger partial charge on any atom is -0.384 e. The van der Waals surface area contributed by atoms with Gasteiger partial charge in [0.25, 0.3) is 0 Å². The number of hydrogen-bond acceptors (Lipinski definition) is 5. The Morgan fingerprint density at radius 3 is 3.07 bits per heavy atom. The first-order valence-electron chi connectivity index (χ1n) is 4.85. The van der Waals surface area contributed by atoms with E-state index in [0.717, 1.165) is 18.8 Å². The second kappa shape index (κ2) is 3.79. The molecule has 0 radical (unpaired) electrons. The molecule has 0 spiro atoms. The maximum atomic E-state index is 5.68. The largest absolute Gasteiger partial charge is 0.384 e. The average molecular weight is 193 g/mol. The summed E-state index contributed by atoms with van der Waals surface area (Å²) in [5, 5.41) is 0. The van der Waals surface area contributed by atoms with Crippen LogP contribution in [0, 0.1) is 0 Å². The molecule has 1 fully saturated rings. The SMILES string of the molecule is NCC1CCCN1c1cc(N)ncn1. The zero-order valence-electron chi connectivity index (χ0n) is 8.06. The summed E-state index contributed by atoms with van der Waals surface area (Å²) in [7, 11) is 0. The molecule has 1 atom stereocenters. The standard InChI is InChI=1S/C9H15N5/c10-5-7-2-1-3-14(7)9-4-8(11)12-6-13-9/h4,6-7H,1-3,5,10H2,(H2,11,12,13). The molecule has 2 rings (SSSR count). The quantitative estimate of drug-likeness (QED) is 0.690. The van der Waals surface area contributed by atoms with Gasteiger partial charge in [0.05, 0.1) is 0 Å². The van der Waals surface area contributed by atoms with Crippen LogP contribution in [0.1, 0.15) is 12.8 Å². The van der Waals surface area contributed by atoms with Crippen molar-refractivity contribution in [2.75, 3.05) is 23.7 Å². The first kappa shape index (κ1) is 9.21. The van der Waals surface area contributed by atoms with Crippen molar-refractivity contribution >= 4 is 11.6 Å². The van der Waals surface area contributed by atoms with Crippen molar-refractivity contribution in [2.45, 2.75) is 18.9 Å². The molecular formula is C9H15N5. The van der Waals surface area contributed by atoms with Gasteiger partial charge in [-0.05, 0) is 12.8 Å². The molecule has 76 valence electrons. The summed E-state index contributed by atoms with van der Waals surface area (Å²) in [6, 6.07) is 2.21. The molecule has 2 heterocycles. The van der Waals surface area contributed by atoms with Crippen LogP contribution in [0.4, 0.5) is 11.6 Å². The number of nitrogen functional groups attached to an aromatic ring is 1. The molecule has 1 aromatic rings. The lowest BCUT2D eigenvalue weighted by atomic mass is 10.2. The van der Waals surface area contributed by atoms with Gasteiger partial charge in [-0.25, -0.2) is 9.97 Å². The van der Waals surface area contributed by atoms with Crippen LogP contribution in [0.3, 0.4) is 0 Å². The highest BCUT2D eigenvalue weighted by Gasteiger charge is 2.24. The van der Waals surface area contributed by atoms with Crippen LogP contribution in [0.2, 0.25) is 0 Å². The maximum Gasteiger partial charge on any atom is 0.134 e. The van der Waals surface area contributed by atoms with Crippen molar-refractivity contribution in [3.05, 3.63) is 12.4 Å². The van der Waals surface area contributed by atoms with Gasteiger partial charge in [0, 0.05) is 25.2 Å². The lowest BCUT2D eigenvalue weighted by Gasteiger charge is -2.24. The molecule has 0 amide bonds. The van der Waals surface area contributed by atoms with Gasteiger partial charge in [0.15, 0.2) is 0 Å². The molecule has 5 nitrogen and oxygen atoms in total.